The average Bonchev–Trinajstić information content (AvgIpc) is 3.18. The van der Waals surface area contributed by atoms with Crippen LogP contribution >= 0.6 is 23.2 Å². The number of aryl methyl sites for hydroxylation is 1. The Labute approximate surface area is 221 Å². The van der Waals surface area contributed by atoms with Gasteiger partial charge in [0.1, 0.15) is 11.9 Å². The molecule has 3 aromatic rings. The summed E-state index contributed by atoms with van der Waals surface area (Å²) in [4.78, 5) is 13.2. The number of carbonyl (C=O) groups excluding carboxylic acids is 1. The number of hydrogen-bond acceptors (Lipinski definition) is 5. The number of ether oxygens (including phenoxy) is 2. The van der Waals surface area contributed by atoms with E-state index in [4.69, 9.17) is 37.8 Å². The zero-order valence-corrected chi connectivity index (χ0v) is 22.0. The predicted octanol–water partition coefficient (Wildman–Crippen LogP) is 5.84. The standard InChI is InChI=1S/C26H31Cl2N5O3/c1-17-24(31-26(34)30-23-16-22(28)21(27)15-18(23)7-6-14-35-2)33(19-8-4-3-5-9-19)32-25(17)36-20-10-12-29-13-11-20/h3-5,8-9,15-16,20,29H,6-7,10-14H2,1-2H3,(H2,30,31,34). The van der Waals surface area contributed by atoms with E-state index in [1.54, 1.807) is 23.9 Å². The van der Waals surface area contributed by atoms with Crippen molar-refractivity contribution in [2.75, 3.05) is 37.4 Å². The molecule has 4 rings (SSSR count). The Morgan fingerprint density at radius 1 is 1.14 bits per heavy atom. The predicted molar refractivity (Wildman–Crippen MR) is 144 cm³/mol. The summed E-state index contributed by atoms with van der Waals surface area (Å²) in [6.07, 6.45) is 3.35. The minimum Gasteiger partial charge on any atom is -0.473 e. The third-order valence-electron chi connectivity index (χ3n) is 6.06. The number of halogens is 2. The maximum Gasteiger partial charge on any atom is 0.324 e. The van der Waals surface area contributed by atoms with Crippen LogP contribution in [0.5, 0.6) is 5.88 Å². The van der Waals surface area contributed by atoms with Gasteiger partial charge in [-0.3, -0.25) is 5.32 Å². The van der Waals surface area contributed by atoms with Gasteiger partial charge in [0.15, 0.2) is 0 Å². The first-order valence-electron chi connectivity index (χ1n) is 12.0. The van der Waals surface area contributed by atoms with E-state index in [-0.39, 0.29) is 6.10 Å². The number of nitrogens with zero attached hydrogens (tertiary/aromatic N) is 2. The third kappa shape index (κ3) is 6.50. The molecule has 1 saturated heterocycles. The van der Waals surface area contributed by atoms with E-state index in [9.17, 15) is 4.79 Å². The van der Waals surface area contributed by atoms with Gasteiger partial charge in [-0.05, 0) is 75.5 Å². The molecule has 192 valence electrons. The van der Waals surface area contributed by atoms with Crippen molar-refractivity contribution in [3.8, 4) is 11.6 Å². The first-order valence-corrected chi connectivity index (χ1v) is 12.8. The van der Waals surface area contributed by atoms with Crippen molar-refractivity contribution in [1.29, 1.82) is 0 Å². The van der Waals surface area contributed by atoms with Crippen LogP contribution in [0.4, 0.5) is 16.3 Å². The van der Waals surface area contributed by atoms with Gasteiger partial charge in [0.05, 0.1) is 21.3 Å². The van der Waals surface area contributed by atoms with Crippen LogP contribution in [-0.4, -0.2) is 48.7 Å². The highest BCUT2D eigenvalue weighted by molar-refractivity contribution is 6.42. The van der Waals surface area contributed by atoms with E-state index in [1.165, 1.54) is 0 Å². The minimum absolute atomic E-state index is 0.0802. The molecule has 0 aliphatic carbocycles. The van der Waals surface area contributed by atoms with Gasteiger partial charge in [-0.1, -0.05) is 41.4 Å². The molecule has 10 heteroatoms. The van der Waals surface area contributed by atoms with Gasteiger partial charge in [-0.25, -0.2) is 9.48 Å². The number of hydrogen-bond donors (Lipinski definition) is 3. The molecule has 0 unspecified atom stereocenters. The number of aromatic nitrogens is 2. The van der Waals surface area contributed by atoms with Crippen LogP contribution in [0, 0.1) is 6.92 Å². The lowest BCUT2D eigenvalue weighted by atomic mass is 10.1. The summed E-state index contributed by atoms with van der Waals surface area (Å²) in [6.45, 7) is 4.31. The molecule has 0 radical (unpaired) electrons. The van der Waals surface area contributed by atoms with Gasteiger partial charge in [0, 0.05) is 19.4 Å². The number of anilines is 2. The molecule has 0 bridgehead atoms. The second kappa shape index (κ2) is 12.5. The third-order valence-corrected chi connectivity index (χ3v) is 6.79. The summed E-state index contributed by atoms with van der Waals surface area (Å²) in [5.41, 5.74) is 3.03. The van der Waals surface area contributed by atoms with Gasteiger partial charge in [0.25, 0.3) is 0 Å². The molecule has 0 saturated carbocycles. The Kier molecular flexibility index (Phi) is 9.09. The van der Waals surface area contributed by atoms with Crippen LogP contribution in [0.2, 0.25) is 10.0 Å². The fraction of sp³-hybridized carbons (Fsp3) is 0.385. The lowest BCUT2D eigenvalue weighted by molar-refractivity contribution is 0.154. The Balaban J connectivity index is 1.58. The van der Waals surface area contributed by atoms with Crippen LogP contribution in [0.25, 0.3) is 5.69 Å². The Morgan fingerprint density at radius 3 is 2.58 bits per heavy atom. The molecule has 1 aromatic heterocycles. The second-order valence-electron chi connectivity index (χ2n) is 8.69. The number of carbonyl (C=O) groups is 1. The first kappa shape index (κ1) is 26.3. The van der Waals surface area contributed by atoms with Crippen LogP contribution in [-0.2, 0) is 11.2 Å². The molecule has 8 nitrogen and oxygen atoms in total. The molecule has 1 aliphatic heterocycles. The molecule has 3 N–H and O–H groups in total. The SMILES string of the molecule is COCCCc1cc(Cl)c(Cl)cc1NC(=O)Nc1c(C)c(OC2CCNCC2)nn1-c1ccccc1. The van der Waals surface area contributed by atoms with E-state index in [1.807, 2.05) is 37.3 Å². The number of urea groups is 1. The van der Waals surface area contributed by atoms with Gasteiger partial charge in [-0.15, -0.1) is 5.10 Å². The van der Waals surface area contributed by atoms with E-state index >= 15 is 0 Å². The van der Waals surface area contributed by atoms with Crippen molar-refractivity contribution in [2.24, 2.45) is 0 Å². The quantitative estimate of drug-likeness (QED) is 0.301. The highest BCUT2D eigenvalue weighted by Crippen LogP contribution is 2.32. The fourth-order valence-corrected chi connectivity index (χ4v) is 4.49. The van der Waals surface area contributed by atoms with E-state index < -0.39 is 6.03 Å². The average molecular weight is 532 g/mol. The summed E-state index contributed by atoms with van der Waals surface area (Å²) in [6, 6.07) is 12.7. The number of methoxy groups -OCH3 is 1. The van der Waals surface area contributed by atoms with Crippen LogP contribution in [0.3, 0.4) is 0 Å². The van der Waals surface area contributed by atoms with Crippen molar-refractivity contribution in [1.82, 2.24) is 15.1 Å². The Hall–Kier alpha value is -2.78. The number of nitrogens with one attached hydrogen (secondary N) is 3. The number of para-hydroxylation sites is 1. The van der Waals surface area contributed by atoms with Gasteiger partial charge in [-0.2, -0.15) is 0 Å². The first-order chi connectivity index (χ1) is 17.5. The lowest BCUT2D eigenvalue weighted by Gasteiger charge is -2.22. The molecular weight excluding hydrogens is 501 g/mol. The summed E-state index contributed by atoms with van der Waals surface area (Å²) in [7, 11) is 1.66. The Morgan fingerprint density at radius 2 is 1.86 bits per heavy atom. The lowest BCUT2D eigenvalue weighted by Crippen LogP contribution is -2.34. The molecule has 0 atom stereocenters. The molecular formula is C26H31Cl2N5O3. The maximum absolute atomic E-state index is 13.2. The van der Waals surface area contributed by atoms with E-state index in [0.29, 0.717) is 40.5 Å². The summed E-state index contributed by atoms with van der Waals surface area (Å²) >= 11 is 12.5. The van der Waals surface area contributed by atoms with Crippen molar-refractivity contribution >= 4 is 40.7 Å². The molecule has 36 heavy (non-hydrogen) atoms. The molecule has 2 amide bonds. The van der Waals surface area contributed by atoms with Gasteiger partial charge >= 0.3 is 6.03 Å². The largest absolute Gasteiger partial charge is 0.473 e. The van der Waals surface area contributed by atoms with Crippen molar-refractivity contribution in [3.63, 3.8) is 0 Å². The maximum atomic E-state index is 13.2. The highest BCUT2D eigenvalue weighted by atomic mass is 35.5. The van der Waals surface area contributed by atoms with Crippen LogP contribution in [0.15, 0.2) is 42.5 Å². The van der Waals surface area contributed by atoms with Crippen molar-refractivity contribution in [2.45, 2.75) is 38.7 Å². The monoisotopic (exact) mass is 531 g/mol. The number of benzene rings is 2. The van der Waals surface area contributed by atoms with Crippen LogP contribution < -0.4 is 20.7 Å². The highest BCUT2D eigenvalue weighted by Gasteiger charge is 2.23. The molecule has 2 heterocycles. The summed E-state index contributed by atoms with van der Waals surface area (Å²) in [5.74, 6) is 1.04. The molecule has 2 aromatic carbocycles. The summed E-state index contributed by atoms with van der Waals surface area (Å²) in [5, 5.41) is 14.7. The number of amides is 2. The smallest absolute Gasteiger partial charge is 0.324 e. The number of rotatable bonds is 9. The normalized spacial score (nSPS) is 14.0. The number of piperidine rings is 1. The Bertz CT molecular complexity index is 1180. The van der Waals surface area contributed by atoms with Crippen molar-refractivity contribution < 1.29 is 14.3 Å². The minimum atomic E-state index is -0.421. The van der Waals surface area contributed by atoms with Gasteiger partial charge < -0.3 is 20.1 Å². The van der Waals surface area contributed by atoms with Crippen LogP contribution in [0.1, 0.15) is 30.4 Å². The molecule has 1 fully saturated rings. The zero-order valence-electron chi connectivity index (χ0n) is 20.4. The summed E-state index contributed by atoms with van der Waals surface area (Å²) < 4.78 is 13.1. The molecule has 1 aliphatic rings. The fourth-order valence-electron chi connectivity index (χ4n) is 4.14. The van der Waals surface area contributed by atoms with Crippen molar-refractivity contribution in [3.05, 3.63) is 63.6 Å². The molecule has 0 spiro atoms. The second-order valence-corrected chi connectivity index (χ2v) is 9.51. The van der Waals surface area contributed by atoms with Gasteiger partial charge in [0.2, 0.25) is 5.88 Å². The zero-order chi connectivity index (χ0) is 25.5. The van der Waals surface area contributed by atoms with E-state index in [2.05, 4.69) is 16.0 Å². The van der Waals surface area contributed by atoms with E-state index in [0.717, 1.165) is 49.2 Å². The topological polar surface area (TPSA) is 89.4 Å².